The minimum absolute atomic E-state index is 0. The molecule has 0 fully saturated rings. The number of carbonyl (C=O) groups is 2. The fourth-order valence-corrected chi connectivity index (χ4v) is 2.54. The first-order valence-corrected chi connectivity index (χ1v) is 7.34. The van der Waals surface area contributed by atoms with Gasteiger partial charge in [0.05, 0.1) is 6.54 Å². The highest BCUT2D eigenvalue weighted by atomic mass is 35.5. The third-order valence-electron chi connectivity index (χ3n) is 3.71. The summed E-state index contributed by atoms with van der Waals surface area (Å²) in [7, 11) is 1.60. The van der Waals surface area contributed by atoms with E-state index in [1.807, 2.05) is 12.1 Å². The molecule has 2 aromatic rings. The fourth-order valence-electron chi connectivity index (χ4n) is 2.54. The third-order valence-corrected chi connectivity index (χ3v) is 3.71. The number of aryl methyl sites for hydroxylation is 1. The maximum absolute atomic E-state index is 12.4. The highest BCUT2D eigenvalue weighted by molar-refractivity contribution is 5.99. The van der Waals surface area contributed by atoms with Crippen LogP contribution in [0.4, 0.5) is 5.82 Å². The molecule has 0 unspecified atom stereocenters. The van der Waals surface area contributed by atoms with Crippen LogP contribution in [-0.4, -0.2) is 35.5 Å². The number of aromatic nitrogens is 1. The van der Waals surface area contributed by atoms with Crippen molar-refractivity contribution in [2.24, 2.45) is 0 Å². The highest BCUT2D eigenvalue weighted by Crippen LogP contribution is 2.18. The number of hydrogen-bond donors (Lipinski definition) is 2. The second-order valence-electron chi connectivity index (χ2n) is 5.62. The first-order valence-electron chi connectivity index (χ1n) is 7.34. The molecular weight excluding hydrogens is 332 g/mol. The summed E-state index contributed by atoms with van der Waals surface area (Å²) in [4.78, 5) is 25.8. The average molecular weight is 351 g/mol. The Bertz CT molecular complexity index is 760. The lowest BCUT2D eigenvalue weighted by Crippen LogP contribution is -2.35. The van der Waals surface area contributed by atoms with Gasteiger partial charge in [-0.2, -0.15) is 0 Å². The van der Waals surface area contributed by atoms with Crippen molar-refractivity contribution in [1.82, 2.24) is 15.4 Å². The van der Waals surface area contributed by atoms with Crippen LogP contribution >= 0.6 is 12.4 Å². The maximum Gasteiger partial charge on any atom is 0.254 e. The van der Waals surface area contributed by atoms with E-state index < -0.39 is 0 Å². The topological polar surface area (TPSA) is 87.5 Å². The van der Waals surface area contributed by atoms with Gasteiger partial charge in [-0.25, -0.2) is 0 Å². The summed E-state index contributed by atoms with van der Waals surface area (Å²) in [6, 6.07) is 7.25. The van der Waals surface area contributed by atoms with Crippen LogP contribution in [0.25, 0.3) is 0 Å². The van der Waals surface area contributed by atoms with Crippen LogP contribution in [0.5, 0.6) is 0 Å². The van der Waals surface area contributed by atoms with Crippen molar-refractivity contribution in [2.75, 3.05) is 18.9 Å². The predicted molar refractivity (Wildman–Crippen MR) is 91.1 cm³/mol. The Morgan fingerprint density at radius 3 is 2.75 bits per heavy atom. The van der Waals surface area contributed by atoms with Crippen molar-refractivity contribution >= 4 is 30.0 Å². The van der Waals surface area contributed by atoms with Crippen LogP contribution in [0.2, 0.25) is 0 Å². The molecule has 1 aliphatic heterocycles. The molecule has 0 radical (unpaired) electrons. The Morgan fingerprint density at radius 2 is 2.04 bits per heavy atom. The van der Waals surface area contributed by atoms with Gasteiger partial charge in [0.1, 0.15) is 5.76 Å². The lowest BCUT2D eigenvalue weighted by Gasteiger charge is -2.16. The number of rotatable bonds is 4. The van der Waals surface area contributed by atoms with Gasteiger partial charge in [-0.05, 0) is 30.2 Å². The summed E-state index contributed by atoms with van der Waals surface area (Å²) >= 11 is 0. The van der Waals surface area contributed by atoms with Crippen molar-refractivity contribution in [2.45, 2.75) is 20.0 Å². The highest BCUT2D eigenvalue weighted by Gasteiger charge is 2.18. The van der Waals surface area contributed by atoms with Crippen molar-refractivity contribution in [3.05, 3.63) is 46.7 Å². The van der Waals surface area contributed by atoms with E-state index in [1.165, 1.54) is 10.5 Å². The van der Waals surface area contributed by atoms with E-state index in [9.17, 15) is 9.59 Å². The molecule has 8 heteroatoms. The minimum atomic E-state index is -0.322. The zero-order valence-electron chi connectivity index (χ0n) is 13.5. The summed E-state index contributed by atoms with van der Waals surface area (Å²) in [5.74, 6) is 0.441. The van der Waals surface area contributed by atoms with Crippen LogP contribution in [0.15, 0.2) is 28.8 Å². The van der Waals surface area contributed by atoms with Crippen LogP contribution in [0.1, 0.15) is 27.2 Å². The largest absolute Gasteiger partial charge is 0.360 e. The van der Waals surface area contributed by atoms with Crippen molar-refractivity contribution in [3.63, 3.8) is 0 Å². The van der Waals surface area contributed by atoms with Crippen LogP contribution < -0.4 is 10.6 Å². The van der Waals surface area contributed by atoms with Gasteiger partial charge in [-0.15, -0.1) is 12.4 Å². The molecule has 0 aliphatic carbocycles. The Hall–Kier alpha value is -2.38. The fraction of sp³-hybridized carbons (Fsp3) is 0.312. The zero-order valence-corrected chi connectivity index (χ0v) is 14.3. The van der Waals surface area contributed by atoms with E-state index in [0.717, 1.165) is 18.7 Å². The monoisotopic (exact) mass is 350 g/mol. The summed E-state index contributed by atoms with van der Waals surface area (Å²) in [6.07, 6.45) is 0. The number of anilines is 1. The Morgan fingerprint density at radius 1 is 1.29 bits per heavy atom. The number of nitrogens with zero attached hydrogens (tertiary/aromatic N) is 2. The number of likely N-dealkylation sites (N-methyl/N-ethyl adjacent to an activating group) is 1. The standard InChI is InChI=1S/C16H18N4O3.ClH/c1-10-5-14(19-23-10)18-15(21)9-20(2)16(22)11-3-4-12-7-17-8-13(12)6-11;/h3-6,17H,7-9H2,1-2H3,(H,18,19,21);1H. The van der Waals surface area contributed by atoms with E-state index in [1.54, 1.807) is 26.1 Å². The lowest BCUT2D eigenvalue weighted by molar-refractivity contribution is -0.116. The molecule has 2 amide bonds. The number of hydrogen-bond acceptors (Lipinski definition) is 5. The second kappa shape index (κ2) is 7.46. The quantitative estimate of drug-likeness (QED) is 0.876. The molecule has 0 spiro atoms. The van der Waals surface area contributed by atoms with Crippen LogP contribution in [0, 0.1) is 6.92 Å². The smallest absolute Gasteiger partial charge is 0.254 e. The third kappa shape index (κ3) is 3.93. The molecule has 2 N–H and O–H groups in total. The van der Waals surface area contributed by atoms with E-state index in [4.69, 9.17) is 4.52 Å². The Kier molecular flexibility index (Phi) is 5.58. The molecule has 3 rings (SSSR count). The molecule has 24 heavy (non-hydrogen) atoms. The molecule has 0 bridgehead atoms. The minimum Gasteiger partial charge on any atom is -0.360 e. The Balaban J connectivity index is 0.00000208. The molecule has 2 heterocycles. The van der Waals surface area contributed by atoms with Gasteiger partial charge >= 0.3 is 0 Å². The molecule has 0 saturated heterocycles. The van der Waals surface area contributed by atoms with Crippen LogP contribution in [0.3, 0.4) is 0 Å². The summed E-state index contributed by atoms with van der Waals surface area (Å²) in [5, 5.41) is 9.52. The van der Waals surface area contributed by atoms with Gasteiger partial charge in [0.15, 0.2) is 5.82 Å². The zero-order chi connectivity index (χ0) is 16.4. The summed E-state index contributed by atoms with van der Waals surface area (Å²) in [5.41, 5.74) is 2.93. The molecular formula is C16H19ClN4O3. The molecule has 7 nitrogen and oxygen atoms in total. The molecule has 1 aromatic heterocycles. The van der Waals surface area contributed by atoms with Crippen LogP contribution in [-0.2, 0) is 17.9 Å². The van der Waals surface area contributed by atoms with E-state index in [0.29, 0.717) is 17.1 Å². The molecule has 0 atom stereocenters. The van der Waals surface area contributed by atoms with Gasteiger partial charge in [0.2, 0.25) is 5.91 Å². The summed E-state index contributed by atoms with van der Waals surface area (Å²) in [6.45, 7) is 3.28. The van der Waals surface area contributed by atoms with Crippen molar-refractivity contribution < 1.29 is 14.1 Å². The number of nitrogens with one attached hydrogen (secondary N) is 2. The van der Waals surface area contributed by atoms with Gasteiger partial charge in [0, 0.05) is 31.8 Å². The number of carbonyl (C=O) groups excluding carboxylic acids is 2. The maximum atomic E-state index is 12.4. The lowest BCUT2D eigenvalue weighted by atomic mass is 10.1. The molecule has 128 valence electrons. The van der Waals surface area contributed by atoms with E-state index in [2.05, 4.69) is 15.8 Å². The number of fused-ring (bicyclic) bond motifs is 1. The summed E-state index contributed by atoms with van der Waals surface area (Å²) < 4.78 is 4.88. The first kappa shape index (κ1) is 18.0. The average Bonchev–Trinajstić information content (AvgIpc) is 3.14. The first-order chi connectivity index (χ1) is 11.0. The molecule has 1 aromatic carbocycles. The van der Waals surface area contributed by atoms with E-state index >= 15 is 0 Å². The van der Waals surface area contributed by atoms with Gasteiger partial charge in [-0.1, -0.05) is 11.2 Å². The van der Waals surface area contributed by atoms with Crippen molar-refractivity contribution in [3.8, 4) is 0 Å². The number of benzene rings is 1. The molecule has 1 aliphatic rings. The normalized spacial score (nSPS) is 12.2. The second-order valence-corrected chi connectivity index (χ2v) is 5.62. The van der Waals surface area contributed by atoms with Gasteiger partial charge < -0.3 is 20.1 Å². The van der Waals surface area contributed by atoms with E-state index in [-0.39, 0.29) is 30.8 Å². The van der Waals surface area contributed by atoms with Gasteiger partial charge in [-0.3, -0.25) is 9.59 Å². The number of halogens is 1. The SMILES string of the molecule is Cc1cc(NC(=O)CN(C)C(=O)c2ccc3c(c2)CNC3)no1.Cl. The molecule has 0 saturated carbocycles. The van der Waals surface area contributed by atoms with Gasteiger partial charge in [0.25, 0.3) is 5.91 Å². The van der Waals surface area contributed by atoms with Crippen molar-refractivity contribution in [1.29, 1.82) is 0 Å². The Labute approximate surface area is 145 Å². The number of amides is 2. The predicted octanol–water partition coefficient (Wildman–Crippen LogP) is 1.72.